The van der Waals surface area contributed by atoms with E-state index in [-0.39, 0.29) is 18.3 Å². The predicted molar refractivity (Wildman–Crippen MR) is 105 cm³/mol. The molecule has 1 aliphatic heterocycles. The molecule has 1 aliphatic rings. The lowest BCUT2D eigenvalue weighted by Crippen LogP contribution is -2.32. The quantitative estimate of drug-likeness (QED) is 0.841. The molecule has 142 valence electrons. The van der Waals surface area contributed by atoms with Crippen molar-refractivity contribution < 1.29 is 9.00 Å². The average molecular weight is 397 g/mol. The third-order valence-corrected chi connectivity index (χ3v) is 5.43. The van der Waals surface area contributed by atoms with E-state index in [2.05, 4.69) is 10.4 Å². The number of benzene rings is 1. The van der Waals surface area contributed by atoms with E-state index in [4.69, 9.17) is 0 Å². The average Bonchev–Trinajstić information content (AvgIpc) is 3.12. The summed E-state index contributed by atoms with van der Waals surface area (Å²) in [6.07, 6.45) is 5.77. The van der Waals surface area contributed by atoms with E-state index in [9.17, 15) is 9.00 Å². The lowest BCUT2D eigenvalue weighted by molar-refractivity contribution is 0.0777. The lowest BCUT2D eigenvalue weighted by atomic mass is 10.1. The summed E-state index contributed by atoms with van der Waals surface area (Å²) >= 11 is 0. The molecule has 2 atom stereocenters. The number of carbonyl (C=O) groups excluding carboxylic acids is 1. The van der Waals surface area contributed by atoms with Gasteiger partial charge in [-0.15, -0.1) is 12.4 Å². The first-order valence-corrected chi connectivity index (χ1v) is 10.0. The highest BCUT2D eigenvalue weighted by Crippen LogP contribution is 2.16. The van der Waals surface area contributed by atoms with Gasteiger partial charge < -0.3 is 10.2 Å². The smallest absolute Gasteiger partial charge is 0.274 e. The van der Waals surface area contributed by atoms with Crippen molar-refractivity contribution in [1.29, 1.82) is 0 Å². The van der Waals surface area contributed by atoms with Crippen molar-refractivity contribution in [2.75, 3.05) is 26.4 Å². The summed E-state index contributed by atoms with van der Waals surface area (Å²) < 4.78 is 13.3. The van der Waals surface area contributed by atoms with Crippen molar-refractivity contribution in [2.24, 2.45) is 0 Å². The van der Waals surface area contributed by atoms with Gasteiger partial charge in [-0.3, -0.25) is 13.7 Å². The number of rotatable bonds is 5. The molecule has 26 heavy (non-hydrogen) atoms. The van der Waals surface area contributed by atoms with Gasteiger partial charge in [0.25, 0.3) is 5.91 Å². The van der Waals surface area contributed by atoms with Crippen molar-refractivity contribution >= 4 is 29.1 Å². The maximum absolute atomic E-state index is 12.6. The normalized spacial score (nSPS) is 18.0. The fourth-order valence-electron chi connectivity index (χ4n) is 3.04. The third kappa shape index (κ3) is 4.93. The van der Waals surface area contributed by atoms with Crippen LogP contribution in [0.2, 0.25) is 0 Å². The van der Waals surface area contributed by atoms with Gasteiger partial charge in [0.15, 0.2) is 0 Å². The zero-order chi connectivity index (χ0) is 17.8. The first-order chi connectivity index (χ1) is 12.0. The van der Waals surface area contributed by atoms with Crippen LogP contribution in [0.25, 0.3) is 0 Å². The first-order valence-electron chi connectivity index (χ1n) is 8.48. The summed E-state index contributed by atoms with van der Waals surface area (Å²) in [5.74, 6) is -0.0920. The van der Waals surface area contributed by atoms with Gasteiger partial charge in [0.2, 0.25) is 0 Å². The Kier molecular flexibility index (Phi) is 7.37. The number of nitrogens with one attached hydrogen (secondary N) is 1. The summed E-state index contributed by atoms with van der Waals surface area (Å²) in [7, 11) is 0.786. The number of hydrogen-bond donors (Lipinski definition) is 1. The minimum Gasteiger partial charge on any atom is -0.336 e. The van der Waals surface area contributed by atoms with E-state index in [0.717, 1.165) is 36.4 Å². The van der Waals surface area contributed by atoms with Gasteiger partial charge in [-0.05, 0) is 43.1 Å². The molecule has 2 aromatic rings. The molecule has 0 saturated carbocycles. The van der Waals surface area contributed by atoms with Crippen LogP contribution in [0.5, 0.6) is 0 Å². The molecule has 8 heteroatoms. The Morgan fingerprint density at radius 1 is 1.35 bits per heavy atom. The maximum Gasteiger partial charge on any atom is 0.274 e. The minimum absolute atomic E-state index is 0. The number of aromatic nitrogens is 2. The number of carbonyl (C=O) groups is 1. The Balaban J connectivity index is 0.00000243. The SMILES string of the molecule is CN(Cc1ccc(S(C)=O)cc1)C(=O)c1ccn(C2CCCNC2)n1.Cl. The molecule has 0 bridgehead atoms. The van der Waals surface area contributed by atoms with Gasteiger partial charge >= 0.3 is 0 Å². The van der Waals surface area contributed by atoms with E-state index >= 15 is 0 Å². The number of piperidine rings is 1. The van der Waals surface area contributed by atoms with Gasteiger partial charge in [0.05, 0.1) is 6.04 Å². The summed E-state index contributed by atoms with van der Waals surface area (Å²) in [5, 5.41) is 7.84. The van der Waals surface area contributed by atoms with Gasteiger partial charge in [-0.1, -0.05) is 12.1 Å². The molecule has 1 aromatic carbocycles. The predicted octanol–water partition coefficient (Wildman–Crippen LogP) is 2.24. The van der Waals surface area contributed by atoms with Crippen LogP contribution in [0.3, 0.4) is 0 Å². The topological polar surface area (TPSA) is 67.2 Å². The van der Waals surface area contributed by atoms with Crippen molar-refractivity contribution in [3.63, 3.8) is 0 Å². The van der Waals surface area contributed by atoms with Gasteiger partial charge in [0, 0.05) is 48.3 Å². The number of hydrogen-bond acceptors (Lipinski definition) is 4. The van der Waals surface area contributed by atoms with Crippen LogP contribution in [0.15, 0.2) is 41.4 Å². The molecule has 1 aromatic heterocycles. The highest BCUT2D eigenvalue weighted by molar-refractivity contribution is 7.84. The van der Waals surface area contributed by atoms with Crippen LogP contribution < -0.4 is 5.32 Å². The zero-order valence-electron chi connectivity index (χ0n) is 15.1. The van der Waals surface area contributed by atoms with Crippen LogP contribution in [0.1, 0.15) is 34.9 Å². The second kappa shape index (κ2) is 9.30. The Labute approximate surface area is 162 Å². The fraction of sp³-hybridized carbons (Fsp3) is 0.444. The maximum atomic E-state index is 12.6. The number of halogens is 1. The molecular weight excluding hydrogens is 372 g/mol. The highest BCUT2D eigenvalue weighted by atomic mass is 35.5. The van der Waals surface area contributed by atoms with Crippen LogP contribution >= 0.6 is 12.4 Å². The molecule has 0 aliphatic carbocycles. The zero-order valence-corrected chi connectivity index (χ0v) is 16.7. The third-order valence-electron chi connectivity index (χ3n) is 4.49. The van der Waals surface area contributed by atoms with E-state index < -0.39 is 10.8 Å². The molecule has 0 spiro atoms. The summed E-state index contributed by atoms with van der Waals surface area (Å²) in [6, 6.07) is 9.61. The highest BCUT2D eigenvalue weighted by Gasteiger charge is 2.19. The first kappa shape index (κ1) is 20.6. The molecule has 2 unspecified atom stereocenters. The van der Waals surface area contributed by atoms with Crippen molar-refractivity contribution in [3.8, 4) is 0 Å². The Morgan fingerprint density at radius 2 is 2.08 bits per heavy atom. The monoisotopic (exact) mass is 396 g/mol. The van der Waals surface area contributed by atoms with Crippen LogP contribution in [0.4, 0.5) is 0 Å². The molecule has 0 radical (unpaired) electrons. The Hall–Kier alpha value is -1.70. The van der Waals surface area contributed by atoms with Crippen LogP contribution in [0, 0.1) is 0 Å². The minimum atomic E-state index is -0.987. The van der Waals surface area contributed by atoms with E-state index in [0.29, 0.717) is 18.3 Å². The molecule has 6 nitrogen and oxygen atoms in total. The lowest BCUT2D eigenvalue weighted by Gasteiger charge is -2.23. The second-order valence-corrected chi connectivity index (χ2v) is 7.82. The van der Waals surface area contributed by atoms with E-state index in [1.54, 1.807) is 24.3 Å². The van der Waals surface area contributed by atoms with Crippen molar-refractivity contribution in [2.45, 2.75) is 30.3 Å². The van der Waals surface area contributed by atoms with Crippen LogP contribution in [-0.4, -0.2) is 51.2 Å². The molecule has 1 fully saturated rings. The number of amides is 1. The second-order valence-electron chi connectivity index (χ2n) is 6.44. The van der Waals surface area contributed by atoms with Gasteiger partial charge in [0.1, 0.15) is 5.69 Å². The fourth-order valence-corrected chi connectivity index (χ4v) is 3.56. The summed E-state index contributed by atoms with van der Waals surface area (Å²) in [5.41, 5.74) is 1.47. The molecule has 1 amide bonds. The van der Waals surface area contributed by atoms with Gasteiger partial charge in [-0.2, -0.15) is 5.10 Å². The Morgan fingerprint density at radius 3 is 2.69 bits per heavy atom. The van der Waals surface area contributed by atoms with Crippen molar-refractivity contribution in [1.82, 2.24) is 20.0 Å². The van der Waals surface area contributed by atoms with Crippen molar-refractivity contribution in [3.05, 3.63) is 47.8 Å². The Bertz CT molecular complexity index is 757. The molecule has 2 heterocycles. The van der Waals surface area contributed by atoms with Gasteiger partial charge in [-0.25, -0.2) is 0 Å². The number of nitrogens with zero attached hydrogens (tertiary/aromatic N) is 3. The molecule has 3 rings (SSSR count). The summed E-state index contributed by atoms with van der Waals surface area (Å²) in [6.45, 7) is 2.44. The molecule has 1 saturated heterocycles. The van der Waals surface area contributed by atoms with E-state index in [1.165, 1.54) is 0 Å². The molecule has 1 N–H and O–H groups in total. The van der Waals surface area contributed by atoms with Crippen LogP contribution in [-0.2, 0) is 17.3 Å². The molecular formula is C18H25ClN4O2S. The summed E-state index contributed by atoms with van der Waals surface area (Å²) in [4.78, 5) is 15.1. The standard InChI is InChI=1S/C18H24N4O2S.ClH/c1-21(13-14-5-7-16(8-6-14)25(2)24)18(23)17-9-11-22(20-17)15-4-3-10-19-12-15;/h5-9,11,15,19H,3-4,10,12-13H2,1-2H3;1H. The largest absolute Gasteiger partial charge is 0.336 e. The van der Waals surface area contributed by atoms with E-state index in [1.807, 2.05) is 35.1 Å².